The van der Waals surface area contributed by atoms with E-state index in [-0.39, 0.29) is 0 Å². The van der Waals surface area contributed by atoms with Crippen LogP contribution >= 0.6 is 27.3 Å². The first-order chi connectivity index (χ1) is 5.38. The molecule has 56 valence electrons. The Bertz CT molecular complexity index is 340. The highest BCUT2D eigenvalue weighted by atomic mass is 79.9. The highest BCUT2D eigenvalue weighted by molar-refractivity contribution is 9.10. The monoisotopic (exact) mass is 229 g/mol. The molecule has 0 aliphatic rings. The van der Waals surface area contributed by atoms with Crippen molar-refractivity contribution in [2.24, 2.45) is 0 Å². The van der Waals surface area contributed by atoms with E-state index in [1.165, 1.54) is 0 Å². The highest BCUT2D eigenvalue weighted by Gasteiger charge is 2.04. The van der Waals surface area contributed by atoms with Gasteiger partial charge in [0.1, 0.15) is 0 Å². The second kappa shape index (κ2) is 2.75. The molecular formula is C6H4BrN3S. The van der Waals surface area contributed by atoms with Gasteiger partial charge in [0.2, 0.25) is 0 Å². The minimum atomic E-state index is 0.974. The van der Waals surface area contributed by atoms with Crippen LogP contribution < -0.4 is 0 Å². The van der Waals surface area contributed by atoms with Gasteiger partial charge >= 0.3 is 0 Å². The first-order valence-corrected chi connectivity index (χ1v) is 4.63. The summed E-state index contributed by atoms with van der Waals surface area (Å²) in [6, 6.07) is 0. The first kappa shape index (κ1) is 7.00. The molecule has 0 unspecified atom stereocenters. The van der Waals surface area contributed by atoms with Crippen LogP contribution in [-0.4, -0.2) is 15.2 Å². The Morgan fingerprint density at radius 2 is 2.36 bits per heavy atom. The van der Waals surface area contributed by atoms with Crippen molar-refractivity contribution in [2.75, 3.05) is 0 Å². The Labute approximate surface area is 75.6 Å². The molecule has 0 aliphatic carbocycles. The second-order valence-corrected chi connectivity index (χ2v) is 3.70. The fourth-order valence-electron chi connectivity index (χ4n) is 0.783. The van der Waals surface area contributed by atoms with Gasteiger partial charge in [-0.1, -0.05) is 0 Å². The Morgan fingerprint density at radius 3 is 2.91 bits per heavy atom. The van der Waals surface area contributed by atoms with Gasteiger partial charge in [-0.2, -0.15) is 5.10 Å². The van der Waals surface area contributed by atoms with E-state index in [0.29, 0.717) is 0 Å². The molecule has 1 N–H and O–H groups in total. The number of thiazole rings is 1. The number of aromatic nitrogens is 3. The van der Waals surface area contributed by atoms with E-state index >= 15 is 0 Å². The quantitative estimate of drug-likeness (QED) is 0.816. The maximum absolute atomic E-state index is 3.97. The van der Waals surface area contributed by atoms with Crippen LogP contribution in [0.3, 0.4) is 0 Å². The maximum atomic E-state index is 3.97. The molecule has 3 nitrogen and oxygen atoms in total. The zero-order valence-corrected chi connectivity index (χ0v) is 7.82. The summed E-state index contributed by atoms with van der Waals surface area (Å²) >= 11 is 4.96. The van der Waals surface area contributed by atoms with Gasteiger partial charge in [-0.15, -0.1) is 11.3 Å². The fourth-order valence-corrected chi connectivity index (χ4v) is 1.95. The normalized spacial score (nSPS) is 10.3. The molecule has 2 aromatic heterocycles. The van der Waals surface area contributed by atoms with Crippen molar-refractivity contribution in [2.45, 2.75) is 0 Å². The van der Waals surface area contributed by atoms with Gasteiger partial charge in [-0.25, -0.2) is 0 Å². The molecule has 11 heavy (non-hydrogen) atoms. The van der Waals surface area contributed by atoms with E-state index in [2.05, 4.69) is 31.1 Å². The summed E-state index contributed by atoms with van der Waals surface area (Å²) in [7, 11) is 0. The second-order valence-electron chi connectivity index (χ2n) is 1.96. The SMILES string of the molecule is Brc1cn[nH]c1-c1cncs1. The van der Waals surface area contributed by atoms with Gasteiger partial charge in [0.05, 0.1) is 26.8 Å². The van der Waals surface area contributed by atoms with Crippen LogP contribution in [0.4, 0.5) is 0 Å². The molecule has 0 amide bonds. The lowest BCUT2D eigenvalue weighted by molar-refractivity contribution is 1.10. The highest BCUT2D eigenvalue weighted by Crippen LogP contribution is 2.27. The molecule has 0 spiro atoms. The molecule has 0 aliphatic heterocycles. The summed E-state index contributed by atoms with van der Waals surface area (Å²) < 4.78 is 0.974. The minimum Gasteiger partial charge on any atom is -0.276 e. The van der Waals surface area contributed by atoms with Gasteiger partial charge < -0.3 is 0 Å². The zero-order valence-electron chi connectivity index (χ0n) is 5.41. The third-order valence-corrected chi connectivity index (χ3v) is 2.66. The molecule has 0 saturated carbocycles. The van der Waals surface area contributed by atoms with E-state index in [1.54, 1.807) is 23.0 Å². The number of nitrogens with zero attached hydrogens (tertiary/aromatic N) is 2. The summed E-state index contributed by atoms with van der Waals surface area (Å²) in [5.74, 6) is 0. The van der Waals surface area contributed by atoms with E-state index in [4.69, 9.17) is 0 Å². The lowest BCUT2D eigenvalue weighted by Gasteiger charge is -1.88. The Morgan fingerprint density at radius 1 is 1.45 bits per heavy atom. The molecule has 0 bridgehead atoms. The molecule has 2 heterocycles. The van der Waals surface area contributed by atoms with E-state index in [9.17, 15) is 0 Å². The topological polar surface area (TPSA) is 41.6 Å². The number of hydrogen-bond donors (Lipinski definition) is 1. The number of aromatic amines is 1. The van der Waals surface area contributed by atoms with E-state index in [0.717, 1.165) is 15.0 Å². The maximum Gasteiger partial charge on any atom is 0.0908 e. The molecule has 0 atom stereocenters. The van der Waals surface area contributed by atoms with Gasteiger partial charge in [-0.05, 0) is 15.9 Å². The number of hydrogen-bond acceptors (Lipinski definition) is 3. The average molecular weight is 230 g/mol. The van der Waals surface area contributed by atoms with Crippen LogP contribution in [0.15, 0.2) is 22.4 Å². The van der Waals surface area contributed by atoms with Gasteiger partial charge in [0, 0.05) is 6.20 Å². The summed E-state index contributed by atoms with van der Waals surface area (Å²) in [5, 5.41) is 6.77. The van der Waals surface area contributed by atoms with Crippen LogP contribution in [0.2, 0.25) is 0 Å². The van der Waals surface area contributed by atoms with Crippen molar-refractivity contribution >= 4 is 27.3 Å². The van der Waals surface area contributed by atoms with Crippen molar-refractivity contribution in [3.05, 3.63) is 22.4 Å². The zero-order chi connectivity index (χ0) is 7.68. The van der Waals surface area contributed by atoms with Gasteiger partial charge in [0.25, 0.3) is 0 Å². The van der Waals surface area contributed by atoms with Crippen molar-refractivity contribution < 1.29 is 0 Å². The van der Waals surface area contributed by atoms with Crippen molar-refractivity contribution in [3.8, 4) is 10.6 Å². The number of H-pyrrole nitrogens is 1. The predicted molar refractivity (Wildman–Crippen MR) is 47.4 cm³/mol. The number of nitrogens with one attached hydrogen (secondary N) is 1. The lowest BCUT2D eigenvalue weighted by Crippen LogP contribution is -1.71. The third kappa shape index (κ3) is 1.21. The van der Waals surface area contributed by atoms with Crippen LogP contribution in [0.25, 0.3) is 10.6 Å². The van der Waals surface area contributed by atoms with Crippen LogP contribution in [0.1, 0.15) is 0 Å². The summed E-state index contributed by atoms with van der Waals surface area (Å²) in [6.07, 6.45) is 3.54. The Hall–Kier alpha value is -0.680. The Balaban J connectivity index is 2.53. The summed E-state index contributed by atoms with van der Waals surface area (Å²) in [6.45, 7) is 0. The first-order valence-electron chi connectivity index (χ1n) is 2.95. The predicted octanol–water partition coefficient (Wildman–Crippen LogP) is 2.30. The molecule has 0 saturated heterocycles. The van der Waals surface area contributed by atoms with E-state index < -0.39 is 0 Å². The summed E-state index contributed by atoms with van der Waals surface area (Å²) in [5.41, 5.74) is 2.79. The Kier molecular flexibility index (Phi) is 1.75. The van der Waals surface area contributed by atoms with Crippen LogP contribution in [0.5, 0.6) is 0 Å². The largest absolute Gasteiger partial charge is 0.276 e. The molecule has 2 rings (SSSR count). The van der Waals surface area contributed by atoms with Crippen molar-refractivity contribution in [1.29, 1.82) is 0 Å². The molecule has 2 aromatic rings. The standard InChI is InChI=1S/C6H4BrN3S/c7-4-1-9-10-6(4)5-2-8-3-11-5/h1-3H,(H,9,10). The van der Waals surface area contributed by atoms with Gasteiger partial charge in [0.15, 0.2) is 0 Å². The molecule has 0 aromatic carbocycles. The smallest absolute Gasteiger partial charge is 0.0908 e. The number of halogens is 1. The lowest BCUT2D eigenvalue weighted by atomic mass is 10.4. The fraction of sp³-hybridized carbons (Fsp3) is 0. The van der Waals surface area contributed by atoms with E-state index in [1.807, 2.05) is 6.20 Å². The van der Waals surface area contributed by atoms with Crippen LogP contribution in [-0.2, 0) is 0 Å². The molecule has 0 fully saturated rings. The van der Waals surface area contributed by atoms with Crippen molar-refractivity contribution in [1.82, 2.24) is 15.2 Å². The van der Waals surface area contributed by atoms with Crippen LogP contribution in [0, 0.1) is 0 Å². The summed E-state index contributed by atoms with van der Waals surface area (Å²) in [4.78, 5) is 5.06. The van der Waals surface area contributed by atoms with Gasteiger partial charge in [-0.3, -0.25) is 10.1 Å². The molecule has 0 radical (unpaired) electrons. The third-order valence-electron chi connectivity index (χ3n) is 1.27. The molecule has 5 heteroatoms. The van der Waals surface area contributed by atoms with Crippen molar-refractivity contribution in [3.63, 3.8) is 0 Å². The molecular weight excluding hydrogens is 226 g/mol. The number of rotatable bonds is 1. The minimum absolute atomic E-state index is 0.974. The average Bonchev–Trinajstić information content (AvgIpc) is 2.55.